The van der Waals surface area contributed by atoms with E-state index in [9.17, 15) is 0 Å². The summed E-state index contributed by atoms with van der Waals surface area (Å²) in [5.41, 5.74) is 0.850. The zero-order valence-corrected chi connectivity index (χ0v) is 7.10. The van der Waals surface area contributed by atoms with Gasteiger partial charge >= 0.3 is 0 Å². The van der Waals surface area contributed by atoms with Crippen molar-refractivity contribution in [2.24, 2.45) is 0 Å². The Morgan fingerprint density at radius 2 is 2.14 bits per heavy atom. The fraction of sp³-hybridized carbons (Fsp3) is 0.125. The third kappa shape index (κ3) is 1.00. The highest BCUT2D eigenvalue weighted by molar-refractivity contribution is 5.60. The minimum atomic E-state index is 0.269. The summed E-state index contributed by atoms with van der Waals surface area (Å²) in [4.78, 5) is 0. The smallest absolute Gasteiger partial charge is 0.231 e. The standard InChI is InChI=1S/C8H6N4O2/c1-2-6-7(14-4-13-6)3-5(1)8-9-11-12-10-8/h1-3H,4H2,(H,9,10,11,12). The summed E-state index contributed by atoms with van der Waals surface area (Å²) in [5, 5.41) is 13.6. The van der Waals surface area contributed by atoms with Gasteiger partial charge in [-0.15, -0.1) is 10.2 Å². The molecule has 2 aromatic rings. The Kier molecular flexibility index (Phi) is 1.41. The van der Waals surface area contributed by atoms with Gasteiger partial charge in [-0.2, -0.15) is 5.21 Å². The average Bonchev–Trinajstić information content (AvgIpc) is 2.88. The van der Waals surface area contributed by atoms with Gasteiger partial charge in [-0.25, -0.2) is 0 Å². The van der Waals surface area contributed by atoms with Crippen molar-refractivity contribution in [1.29, 1.82) is 0 Å². The van der Waals surface area contributed by atoms with Gasteiger partial charge in [0.05, 0.1) is 0 Å². The van der Waals surface area contributed by atoms with Crippen LogP contribution in [0.2, 0.25) is 0 Å². The van der Waals surface area contributed by atoms with Crippen LogP contribution < -0.4 is 9.47 Å². The summed E-state index contributed by atoms with van der Waals surface area (Å²) in [7, 11) is 0. The summed E-state index contributed by atoms with van der Waals surface area (Å²) < 4.78 is 10.4. The molecule has 0 unspecified atom stereocenters. The van der Waals surface area contributed by atoms with E-state index >= 15 is 0 Å². The van der Waals surface area contributed by atoms with Crippen molar-refractivity contribution < 1.29 is 9.47 Å². The second kappa shape index (κ2) is 2.69. The molecule has 0 saturated carbocycles. The van der Waals surface area contributed by atoms with E-state index < -0.39 is 0 Å². The van der Waals surface area contributed by atoms with Crippen molar-refractivity contribution in [2.45, 2.75) is 0 Å². The van der Waals surface area contributed by atoms with Crippen LogP contribution in [0.5, 0.6) is 11.5 Å². The Balaban J connectivity index is 2.09. The van der Waals surface area contributed by atoms with Crippen molar-refractivity contribution in [3.63, 3.8) is 0 Å². The lowest BCUT2D eigenvalue weighted by Gasteiger charge is -1.97. The predicted octanol–water partition coefficient (Wildman–Crippen LogP) is 0.595. The minimum absolute atomic E-state index is 0.269. The molecular weight excluding hydrogens is 184 g/mol. The number of benzene rings is 1. The van der Waals surface area contributed by atoms with Gasteiger partial charge in [-0.1, -0.05) is 0 Å². The molecule has 1 aliphatic rings. The molecule has 1 aromatic heterocycles. The number of nitrogens with one attached hydrogen (secondary N) is 1. The van der Waals surface area contributed by atoms with Gasteiger partial charge in [-0.3, -0.25) is 0 Å². The molecule has 14 heavy (non-hydrogen) atoms. The summed E-state index contributed by atoms with van der Waals surface area (Å²) in [6.45, 7) is 0.269. The molecule has 6 nitrogen and oxygen atoms in total. The number of hydrogen-bond acceptors (Lipinski definition) is 5. The topological polar surface area (TPSA) is 72.9 Å². The second-order valence-electron chi connectivity index (χ2n) is 2.80. The predicted molar refractivity (Wildman–Crippen MR) is 45.7 cm³/mol. The number of nitrogens with zero attached hydrogens (tertiary/aromatic N) is 3. The fourth-order valence-corrected chi connectivity index (χ4v) is 1.32. The zero-order valence-electron chi connectivity index (χ0n) is 7.10. The quantitative estimate of drug-likeness (QED) is 0.712. The number of hydrogen-bond donors (Lipinski definition) is 1. The van der Waals surface area contributed by atoms with Gasteiger partial charge in [0.1, 0.15) is 0 Å². The van der Waals surface area contributed by atoms with E-state index in [0.717, 1.165) is 11.3 Å². The number of ether oxygens (including phenoxy) is 2. The average molecular weight is 190 g/mol. The highest BCUT2D eigenvalue weighted by Gasteiger charge is 2.14. The first-order valence-corrected chi connectivity index (χ1v) is 4.07. The number of aromatic nitrogens is 4. The molecule has 2 heterocycles. The molecule has 0 spiro atoms. The molecule has 1 N–H and O–H groups in total. The normalized spacial score (nSPS) is 13.1. The molecule has 0 radical (unpaired) electrons. The lowest BCUT2D eigenvalue weighted by atomic mass is 10.2. The van der Waals surface area contributed by atoms with Gasteiger partial charge in [0.15, 0.2) is 11.5 Å². The van der Waals surface area contributed by atoms with Crippen LogP contribution in [0.4, 0.5) is 0 Å². The number of aromatic amines is 1. The second-order valence-corrected chi connectivity index (χ2v) is 2.80. The number of tetrazole rings is 1. The summed E-state index contributed by atoms with van der Waals surface area (Å²) in [6.07, 6.45) is 0. The van der Waals surface area contributed by atoms with E-state index in [4.69, 9.17) is 9.47 Å². The number of fused-ring (bicyclic) bond motifs is 1. The SMILES string of the molecule is c1cc2c(cc1-c1nn[nH]n1)OCO2. The van der Waals surface area contributed by atoms with Crippen molar-refractivity contribution in [1.82, 2.24) is 20.6 Å². The molecule has 0 fully saturated rings. The molecule has 70 valence electrons. The van der Waals surface area contributed by atoms with E-state index in [-0.39, 0.29) is 6.79 Å². The molecule has 1 aromatic carbocycles. The number of H-pyrrole nitrogens is 1. The van der Waals surface area contributed by atoms with E-state index in [1.54, 1.807) is 0 Å². The largest absolute Gasteiger partial charge is 0.454 e. The molecule has 0 amide bonds. The van der Waals surface area contributed by atoms with Crippen LogP contribution in [0.15, 0.2) is 18.2 Å². The molecule has 1 aliphatic heterocycles. The van der Waals surface area contributed by atoms with E-state index in [1.165, 1.54) is 0 Å². The highest BCUT2D eigenvalue weighted by atomic mass is 16.7. The van der Waals surface area contributed by atoms with Gasteiger partial charge in [-0.05, 0) is 23.4 Å². The Labute approximate surface area is 78.8 Å². The molecule has 0 aliphatic carbocycles. The van der Waals surface area contributed by atoms with E-state index in [1.807, 2.05) is 18.2 Å². The first-order valence-electron chi connectivity index (χ1n) is 4.07. The van der Waals surface area contributed by atoms with Crippen molar-refractivity contribution in [3.05, 3.63) is 18.2 Å². The molecule has 0 atom stereocenters. The molecule has 0 saturated heterocycles. The fourth-order valence-electron chi connectivity index (χ4n) is 1.32. The minimum Gasteiger partial charge on any atom is -0.454 e. The van der Waals surface area contributed by atoms with Gasteiger partial charge in [0, 0.05) is 5.56 Å². The van der Waals surface area contributed by atoms with Crippen LogP contribution in [-0.2, 0) is 0 Å². The third-order valence-electron chi connectivity index (χ3n) is 1.98. The van der Waals surface area contributed by atoms with E-state index in [2.05, 4.69) is 20.6 Å². The summed E-state index contributed by atoms with van der Waals surface area (Å²) in [6, 6.07) is 5.51. The molecule has 0 bridgehead atoms. The molecular formula is C8H6N4O2. The monoisotopic (exact) mass is 190 g/mol. The van der Waals surface area contributed by atoms with E-state index in [0.29, 0.717) is 11.6 Å². The van der Waals surface area contributed by atoms with Crippen LogP contribution in [0.25, 0.3) is 11.4 Å². The maximum Gasteiger partial charge on any atom is 0.231 e. The van der Waals surface area contributed by atoms with Crippen molar-refractivity contribution >= 4 is 0 Å². The lowest BCUT2D eigenvalue weighted by molar-refractivity contribution is 0.174. The van der Waals surface area contributed by atoms with Crippen LogP contribution in [-0.4, -0.2) is 27.4 Å². The molecule has 6 heteroatoms. The van der Waals surface area contributed by atoms with Gasteiger partial charge in [0.25, 0.3) is 0 Å². The molecule has 3 rings (SSSR count). The maximum atomic E-state index is 5.23. The zero-order chi connectivity index (χ0) is 9.38. The maximum absolute atomic E-state index is 5.23. The highest BCUT2D eigenvalue weighted by Crippen LogP contribution is 2.34. The Hall–Kier alpha value is -2.11. The Morgan fingerprint density at radius 1 is 1.21 bits per heavy atom. The van der Waals surface area contributed by atoms with Gasteiger partial charge < -0.3 is 9.47 Å². The lowest BCUT2D eigenvalue weighted by Crippen LogP contribution is -1.92. The van der Waals surface area contributed by atoms with Crippen LogP contribution in [0, 0.1) is 0 Å². The summed E-state index contributed by atoms with van der Waals surface area (Å²) >= 11 is 0. The van der Waals surface area contributed by atoms with Crippen LogP contribution in [0.3, 0.4) is 0 Å². The van der Waals surface area contributed by atoms with Crippen LogP contribution in [0.1, 0.15) is 0 Å². The van der Waals surface area contributed by atoms with Crippen molar-refractivity contribution in [3.8, 4) is 22.9 Å². The van der Waals surface area contributed by atoms with Crippen molar-refractivity contribution in [2.75, 3.05) is 6.79 Å². The first kappa shape index (κ1) is 7.31. The third-order valence-corrected chi connectivity index (χ3v) is 1.98. The number of rotatable bonds is 1. The Morgan fingerprint density at radius 3 is 3.00 bits per heavy atom. The van der Waals surface area contributed by atoms with Gasteiger partial charge in [0.2, 0.25) is 12.6 Å². The first-order chi connectivity index (χ1) is 6.93. The summed E-state index contributed by atoms with van der Waals surface area (Å²) in [5.74, 6) is 2.01. The Bertz CT molecular complexity index is 454. The van der Waals surface area contributed by atoms with Crippen LogP contribution >= 0.6 is 0 Å².